The Kier molecular flexibility index (Phi) is 5.34. The van der Waals surface area contributed by atoms with Crippen LogP contribution < -0.4 is 4.90 Å². The van der Waals surface area contributed by atoms with Crippen LogP contribution in [0, 0.1) is 5.82 Å². The Balaban J connectivity index is 1.25. The summed E-state index contributed by atoms with van der Waals surface area (Å²) >= 11 is 0. The predicted molar refractivity (Wildman–Crippen MR) is 118 cm³/mol. The number of rotatable bonds is 4. The molecule has 1 saturated heterocycles. The van der Waals surface area contributed by atoms with Crippen LogP contribution in [-0.2, 0) is 13.1 Å². The molecule has 32 heavy (non-hydrogen) atoms. The molecule has 5 rings (SSSR count). The number of carbonyl (C=O) groups excluding carboxylic acids is 2. The molecule has 1 aromatic heterocycles. The molecular formula is C24H24FN5O2. The molecule has 2 aliphatic heterocycles. The molecule has 164 valence electrons. The van der Waals surface area contributed by atoms with E-state index in [9.17, 15) is 14.0 Å². The summed E-state index contributed by atoms with van der Waals surface area (Å²) in [6.07, 6.45) is 0. The van der Waals surface area contributed by atoms with Gasteiger partial charge in [-0.05, 0) is 17.7 Å². The van der Waals surface area contributed by atoms with Crippen molar-refractivity contribution in [3.05, 3.63) is 83.4 Å². The van der Waals surface area contributed by atoms with Crippen LogP contribution >= 0.6 is 0 Å². The van der Waals surface area contributed by atoms with Crippen LogP contribution in [0.25, 0.3) is 0 Å². The SMILES string of the molecule is O=C(c1cc2n(n1)CCN(Cc1ccccc1)C2=O)N1CCN(c2ccccc2F)CC1. The summed E-state index contributed by atoms with van der Waals surface area (Å²) in [6.45, 7) is 3.69. The molecule has 0 atom stereocenters. The second-order valence-corrected chi connectivity index (χ2v) is 8.08. The second kappa shape index (κ2) is 8.45. The van der Waals surface area contributed by atoms with E-state index in [-0.39, 0.29) is 23.3 Å². The minimum atomic E-state index is -0.257. The van der Waals surface area contributed by atoms with Crippen LogP contribution in [0.5, 0.6) is 0 Å². The van der Waals surface area contributed by atoms with E-state index < -0.39 is 0 Å². The number of benzene rings is 2. The van der Waals surface area contributed by atoms with Crippen molar-refractivity contribution in [3.8, 4) is 0 Å². The summed E-state index contributed by atoms with van der Waals surface area (Å²) in [7, 11) is 0. The maximum Gasteiger partial charge on any atom is 0.274 e. The lowest BCUT2D eigenvalue weighted by Crippen LogP contribution is -2.49. The van der Waals surface area contributed by atoms with Crippen LogP contribution in [-0.4, -0.2) is 64.1 Å². The third kappa shape index (κ3) is 3.84. The van der Waals surface area contributed by atoms with E-state index in [0.29, 0.717) is 57.2 Å². The highest BCUT2D eigenvalue weighted by molar-refractivity contribution is 5.98. The molecule has 3 aromatic rings. The average Bonchev–Trinajstić information content (AvgIpc) is 3.27. The Bertz CT molecular complexity index is 1140. The van der Waals surface area contributed by atoms with Crippen molar-refractivity contribution in [1.82, 2.24) is 19.6 Å². The van der Waals surface area contributed by atoms with Crippen molar-refractivity contribution >= 4 is 17.5 Å². The molecule has 0 radical (unpaired) electrons. The molecule has 1 fully saturated rings. The van der Waals surface area contributed by atoms with E-state index in [0.717, 1.165) is 5.56 Å². The van der Waals surface area contributed by atoms with Crippen LogP contribution in [0.15, 0.2) is 60.7 Å². The fourth-order valence-corrected chi connectivity index (χ4v) is 4.32. The van der Waals surface area contributed by atoms with Gasteiger partial charge in [-0.1, -0.05) is 42.5 Å². The van der Waals surface area contributed by atoms with Gasteiger partial charge < -0.3 is 14.7 Å². The first-order valence-electron chi connectivity index (χ1n) is 10.8. The highest BCUT2D eigenvalue weighted by Gasteiger charge is 2.30. The van der Waals surface area contributed by atoms with Crippen molar-refractivity contribution in [3.63, 3.8) is 0 Å². The molecular weight excluding hydrogens is 409 g/mol. The quantitative estimate of drug-likeness (QED) is 0.635. The molecule has 3 heterocycles. The van der Waals surface area contributed by atoms with Gasteiger partial charge in [0.1, 0.15) is 11.5 Å². The van der Waals surface area contributed by atoms with E-state index in [4.69, 9.17) is 0 Å². The highest BCUT2D eigenvalue weighted by Crippen LogP contribution is 2.22. The number of para-hydroxylation sites is 1. The molecule has 8 heteroatoms. The fourth-order valence-electron chi connectivity index (χ4n) is 4.32. The van der Waals surface area contributed by atoms with E-state index >= 15 is 0 Å². The van der Waals surface area contributed by atoms with E-state index in [1.165, 1.54) is 6.07 Å². The Morgan fingerprint density at radius 3 is 2.38 bits per heavy atom. The maximum atomic E-state index is 14.1. The largest absolute Gasteiger partial charge is 0.366 e. The lowest BCUT2D eigenvalue weighted by Gasteiger charge is -2.35. The normalized spacial score (nSPS) is 16.3. The smallest absolute Gasteiger partial charge is 0.274 e. The average molecular weight is 433 g/mol. The Hall–Kier alpha value is -3.68. The Morgan fingerprint density at radius 2 is 1.62 bits per heavy atom. The lowest BCUT2D eigenvalue weighted by molar-refractivity contribution is 0.0680. The van der Waals surface area contributed by atoms with Crippen molar-refractivity contribution in [2.45, 2.75) is 13.1 Å². The summed E-state index contributed by atoms with van der Waals surface area (Å²) < 4.78 is 15.7. The molecule has 2 aromatic carbocycles. The molecule has 0 aliphatic carbocycles. The summed E-state index contributed by atoms with van der Waals surface area (Å²) in [5.41, 5.74) is 2.36. The third-order valence-corrected chi connectivity index (χ3v) is 6.06. The minimum Gasteiger partial charge on any atom is -0.366 e. The number of hydrogen-bond acceptors (Lipinski definition) is 4. The van der Waals surface area contributed by atoms with Crippen molar-refractivity contribution < 1.29 is 14.0 Å². The van der Waals surface area contributed by atoms with E-state index in [2.05, 4.69) is 5.10 Å². The molecule has 0 saturated carbocycles. The van der Waals surface area contributed by atoms with E-state index in [1.807, 2.05) is 41.3 Å². The van der Waals surface area contributed by atoms with Crippen LogP contribution in [0.3, 0.4) is 0 Å². The molecule has 2 amide bonds. The molecule has 2 aliphatic rings. The van der Waals surface area contributed by atoms with Crippen LogP contribution in [0.2, 0.25) is 0 Å². The number of hydrogen-bond donors (Lipinski definition) is 0. The summed E-state index contributed by atoms with van der Waals surface area (Å²) in [6, 6.07) is 18.1. The zero-order valence-corrected chi connectivity index (χ0v) is 17.7. The summed E-state index contributed by atoms with van der Waals surface area (Å²) in [5, 5.41) is 4.41. The first-order chi connectivity index (χ1) is 15.6. The number of halogens is 1. The van der Waals surface area contributed by atoms with Crippen molar-refractivity contribution in [1.29, 1.82) is 0 Å². The van der Waals surface area contributed by atoms with Gasteiger partial charge in [-0.3, -0.25) is 14.3 Å². The molecule has 0 spiro atoms. The van der Waals surface area contributed by atoms with Gasteiger partial charge in [0.05, 0.1) is 12.2 Å². The molecule has 7 nitrogen and oxygen atoms in total. The molecule has 0 N–H and O–H groups in total. The third-order valence-electron chi connectivity index (χ3n) is 6.06. The number of amides is 2. The van der Waals surface area contributed by atoms with Crippen LogP contribution in [0.1, 0.15) is 26.5 Å². The van der Waals surface area contributed by atoms with Crippen molar-refractivity contribution in [2.75, 3.05) is 37.6 Å². The first-order valence-corrected chi connectivity index (χ1v) is 10.8. The standard InChI is InChI=1S/C24H24FN5O2/c25-19-8-4-5-9-21(19)27-10-12-28(13-11-27)23(31)20-16-22-24(32)29(14-15-30(22)26-20)17-18-6-2-1-3-7-18/h1-9,16H,10-15,17H2. The lowest BCUT2D eigenvalue weighted by atomic mass is 10.2. The number of anilines is 1. The zero-order valence-electron chi connectivity index (χ0n) is 17.7. The first kappa shape index (κ1) is 20.2. The number of carbonyl (C=O) groups is 2. The monoisotopic (exact) mass is 433 g/mol. The van der Waals surface area contributed by atoms with Gasteiger partial charge in [0.15, 0.2) is 5.69 Å². The van der Waals surface area contributed by atoms with Gasteiger partial charge in [-0.2, -0.15) is 5.10 Å². The minimum absolute atomic E-state index is 0.115. The van der Waals surface area contributed by atoms with Crippen molar-refractivity contribution in [2.24, 2.45) is 0 Å². The number of piperazine rings is 1. The summed E-state index contributed by atoms with van der Waals surface area (Å²) in [5.74, 6) is -0.564. The fraction of sp³-hybridized carbons (Fsp3) is 0.292. The van der Waals surface area contributed by atoms with E-state index in [1.54, 1.807) is 32.7 Å². The predicted octanol–water partition coefficient (Wildman–Crippen LogP) is 2.64. The Labute approximate surface area is 185 Å². The topological polar surface area (TPSA) is 61.7 Å². The zero-order chi connectivity index (χ0) is 22.1. The molecule has 0 unspecified atom stereocenters. The van der Waals surface area contributed by atoms with Gasteiger partial charge in [0.25, 0.3) is 11.8 Å². The van der Waals surface area contributed by atoms with Gasteiger partial charge in [0, 0.05) is 45.3 Å². The summed E-state index contributed by atoms with van der Waals surface area (Å²) in [4.78, 5) is 31.5. The van der Waals surface area contributed by atoms with Crippen LogP contribution in [0.4, 0.5) is 10.1 Å². The van der Waals surface area contributed by atoms with Gasteiger partial charge >= 0.3 is 0 Å². The maximum absolute atomic E-state index is 14.1. The second-order valence-electron chi connectivity index (χ2n) is 8.08. The number of fused-ring (bicyclic) bond motifs is 1. The Morgan fingerprint density at radius 1 is 0.906 bits per heavy atom. The van der Waals surface area contributed by atoms with Gasteiger partial charge in [-0.15, -0.1) is 0 Å². The molecule has 0 bridgehead atoms. The van der Waals surface area contributed by atoms with Gasteiger partial charge in [-0.25, -0.2) is 4.39 Å². The number of nitrogens with zero attached hydrogens (tertiary/aromatic N) is 5. The van der Waals surface area contributed by atoms with Gasteiger partial charge in [0.2, 0.25) is 0 Å². The number of aromatic nitrogens is 2. The highest BCUT2D eigenvalue weighted by atomic mass is 19.1.